The third kappa shape index (κ3) is 6.05. The number of hydrogen-bond donors (Lipinski definition) is 0. The van der Waals surface area contributed by atoms with Crippen LogP contribution in [0.1, 0.15) is 67.2 Å². The lowest BCUT2D eigenvalue weighted by Gasteiger charge is -2.36. The van der Waals surface area contributed by atoms with Gasteiger partial charge in [-0.25, -0.2) is 0 Å². The van der Waals surface area contributed by atoms with Crippen LogP contribution in [-0.4, -0.2) is 49.4 Å². The lowest BCUT2D eigenvalue weighted by molar-refractivity contribution is -0.158. The first-order chi connectivity index (χ1) is 13.2. The summed E-state index contributed by atoms with van der Waals surface area (Å²) in [5.41, 5.74) is -0.591. The SMILES string of the molecule is CC(C)(C)OC(=O)C[C@@H](CCO[Si](C)(C)C(C)(C)C)C(=O)N1C2C[C@@H]2C[C@H]1C#N. The molecule has 2 fully saturated rings. The van der Waals surface area contributed by atoms with Gasteiger partial charge in [-0.3, -0.25) is 9.59 Å². The number of piperidine rings is 1. The van der Waals surface area contributed by atoms with Crippen LogP contribution in [0.3, 0.4) is 0 Å². The lowest BCUT2D eigenvalue weighted by atomic mass is 9.99. The monoisotopic (exact) mass is 422 g/mol. The van der Waals surface area contributed by atoms with E-state index in [1.54, 1.807) is 4.90 Å². The van der Waals surface area contributed by atoms with Crippen molar-refractivity contribution in [2.24, 2.45) is 11.8 Å². The standard InChI is InChI=1S/C22H38N2O4Si/c1-21(2,3)28-19(25)13-15(9-10-27-29(7,8)22(4,5)6)20(26)24-17(14-23)11-16-12-18(16)24/h15-18H,9-13H2,1-8H3/t15-,16+,17+,18?/m1/s1. The number of likely N-dealkylation sites (tertiary alicyclic amines) is 1. The van der Waals surface area contributed by atoms with Crippen molar-refractivity contribution in [1.82, 2.24) is 4.90 Å². The summed E-state index contributed by atoms with van der Waals surface area (Å²) in [5, 5.41) is 9.54. The van der Waals surface area contributed by atoms with Crippen LogP contribution >= 0.6 is 0 Å². The zero-order valence-electron chi connectivity index (χ0n) is 19.4. The molecule has 2 aliphatic rings. The topological polar surface area (TPSA) is 79.6 Å². The van der Waals surface area contributed by atoms with Crippen molar-refractivity contribution < 1.29 is 18.8 Å². The van der Waals surface area contributed by atoms with E-state index in [-0.39, 0.29) is 35.4 Å². The number of carbonyl (C=O) groups is 2. The molecule has 1 saturated carbocycles. The number of ether oxygens (including phenoxy) is 1. The smallest absolute Gasteiger partial charge is 0.307 e. The number of hydrogen-bond acceptors (Lipinski definition) is 5. The Morgan fingerprint density at radius 1 is 1.17 bits per heavy atom. The van der Waals surface area contributed by atoms with Gasteiger partial charge in [-0.05, 0) is 64.1 Å². The highest BCUT2D eigenvalue weighted by Gasteiger charge is 2.55. The van der Waals surface area contributed by atoms with E-state index in [0.717, 1.165) is 12.8 Å². The fraction of sp³-hybridized carbons (Fsp3) is 0.864. The van der Waals surface area contributed by atoms with E-state index in [4.69, 9.17) is 9.16 Å². The van der Waals surface area contributed by atoms with Crippen molar-refractivity contribution >= 4 is 20.2 Å². The fourth-order valence-electron chi connectivity index (χ4n) is 3.67. The number of amides is 1. The Labute approximate surface area is 177 Å². The van der Waals surface area contributed by atoms with E-state index in [9.17, 15) is 14.9 Å². The Kier molecular flexibility index (Phi) is 6.91. The maximum Gasteiger partial charge on any atom is 0.307 e. The number of nitrogens with zero attached hydrogens (tertiary/aromatic N) is 2. The van der Waals surface area contributed by atoms with Gasteiger partial charge in [0.15, 0.2) is 8.32 Å². The normalized spacial score (nSPS) is 25.2. The van der Waals surface area contributed by atoms with Crippen molar-refractivity contribution in [2.75, 3.05) is 6.61 Å². The summed E-state index contributed by atoms with van der Waals surface area (Å²) in [6, 6.07) is 2.08. The van der Waals surface area contributed by atoms with Crippen LogP contribution in [0.15, 0.2) is 0 Å². The molecule has 164 valence electrons. The molecular weight excluding hydrogens is 384 g/mol. The molecule has 1 amide bonds. The van der Waals surface area contributed by atoms with Gasteiger partial charge in [-0.15, -0.1) is 0 Å². The fourth-order valence-corrected chi connectivity index (χ4v) is 4.73. The average molecular weight is 423 g/mol. The van der Waals surface area contributed by atoms with Crippen molar-refractivity contribution in [1.29, 1.82) is 5.26 Å². The summed E-state index contributed by atoms with van der Waals surface area (Å²) in [6.45, 7) is 16.8. The molecular formula is C22H38N2O4Si. The first kappa shape index (κ1) is 23.9. The number of esters is 1. The lowest BCUT2D eigenvalue weighted by Crippen LogP contribution is -2.44. The van der Waals surface area contributed by atoms with Gasteiger partial charge >= 0.3 is 5.97 Å². The Hall–Kier alpha value is -1.39. The summed E-state index contributed by atoms with van der Waals surface area (Å²) >= 11 is 0. The molecule has 6 nitrogen and oxygen atoms in total. The molecule has 29 heavy (non-hydrogen) atoms. The molecule has 1 heterocycles. The number of nitriles is 1. The van der Waals surface area contributed by atoms with Crippen LogP contribution in [0.4, 0.5) is 0 Å². The van der Waals surface area contributed by atoms with Crippen LogP contribution in [0.2, 0.25) is 18.1 Å². The van der Waals surface area contributed by atoms with E-state index in [0.29, 0.717) is 18.9 Å². The van der Waals surface area contributed by atoms with Crippen molar-refractivity contribution in [3.05, 3.63) is 0 Å². The summed E-state index contributed by atoms with van der Waals surface area (Å²) in [5.74, 6) is -0.520. The first-order valence-electron chi connectivity index (χ1n) is 10.7. The van der Waals surface area contributed by atoms with E-state index in [1.807, 2.05) is 20.8 Å². The second-order valence-corrected chi connectivity index (χ2v) is 15.9. The average Bonchev–Trinajstić information content (AvgIpc) is 3.20. The zero-order chi connectivity index (χ0) is 22.2. The van der Waals surface area contributed by atoms with Crippen molar-refractivity contribution in [3.63, 3.8) is 0 Å². The van der Waals surface area contributed by atoms with Crippen molar-refractivity contribution in [2.45, 2.75) is 103 Å². The first-order valence-corrected chi connectivity index (χ1v) is 13.6. The van der Waals surface area contributed by atoms with E-state index in [1.165, 1.54) is 0 Å². The largest absolute Gasteiger partial charge is 0.460 e. The molecule has 1 unspecified atom stereocenters. The highest BCUT2D eigenvalue weighted by Crippen LogP contribution is 2.48. The van der Waals surface area contributed by atoms with E-state index in [2.05, 4.69) is 39.9 Å². The molecule has 0 aromatic carbocycles. The predicted molar refractivity (Wildman–Crippen MR) is 114 cm³/mol. The van der Waals surface area contributed by atoms with Crippen LogP contribution in [0.5, 0.6) is 0 Å². The third-order valence-electron chi connectivity index (χ3n) is 6.43. The maximum absolute atomic E-state index is 13.3. The molecule has 0 aromatic rings. The highest BCUT2D eigenvalue weighted by molar-refractivity contribution is 6.74. The molecule has 0 spiro atoms. The molecule has 2 rings (SSSR count). The van der Waals surface area contributed by atoms with Gasteiger partial charge in [0.05, 0.1) is 18.4 Å². The molecule has 4 atom stereocenters. The Bertz CT molecular complexity index is 672. The van der Waals surface area contributed by atoms with Gasteiger partial charge in [-0.1, -0.05) is 20.8 Å². The second-order valence-electron chi connectivity index (χ2n) is 11.1. The molecule has 1 aliphatic carbocycles. The summed E-state index contributed by atoms with van der Waals surface area (Å²) in [7, 11) is -1.94. The van der Waals surface area contributed by atoms with Crippen LogP contribution in [-0.2, 0) is 18.8 Å². The van der Waals surface area contributed by atoms with Crippen LogP contribution in [0, 0.1) is 23.2 Å². The Morgan fingerprint density at radius 2 is 1.79 bits per heavy atom. The molecule has 0 N–H and O–H groups in total. The molecule has 0 aromatic heterocycles. The molecule has 0 bridgehead atoms. The summed E-state index contributed by atoms with van der Waals surface area (Å²) in [6.07, 6.45) is 2.23. The van der Waals surface area contributed by atoms with Crippen LogP contribution in [0.25, 0.3) is 0 Å². The number of fused-ring (bicyclic) bond motifs is 1. The molecule has 1 saturated heterocycles. The second kappa shape index (κ2) is 8.39. The van der Waals surface area contributed by atoms with Gasteiger partial charge < -0.3 is 14.1 Å². The maximum atomic E-state index is 13.3. The number of rotatable bonds is 7. The third-order valence-corrected chi connectivity index (χ3v) is 11.0. The highest BCUT2D eigenvalue weighted by atomic mass is 28.4. The van der Waals surface area contributed by atoms with Gasteiger partial charge in [0.2, 0.25) is 5.91 Å². The molecule has 1 aliphatic heterocycles. The van der Waals surface area contributed by atoms with Gasteiger partial charge in [-0.2, -0.15) is 5.26 Å². The van der Waals surface area contributed by atoms with E-state index >= 15 is 0 Å². The van der Waals surface area contributed by atoms with E-state index < -0.39 is 19.8 Å². The van der Waals surface area contributed by atoms with Gasteiger partial charge in [0.25, 0.3) is 0 Å². The minimum atomic E-state index is -1.94. The van der Waals surface area contributed by atoms with Crippen LogP contribution < -0.4 is 0 Å². The zero-order valence-corrected chi connectivity index (χ0v) is 20.4. The minimum Gasteiger partial charge on any atom is -0.460 e. The Morgan fingerprint density at radius 3 is 2.31 bits per heavy atom. The van der Waals surface area contributed by atoms with Gasteiger partial charge in [0.1, 0.15) is 11.6 Å². The molecule has 0 radical (unpaired) electrons. The number of carbonyl (C=O) groups excluding carboxylic acids is 2. The summed E-state index contributed by atoms with van der Waals surface area (Å²) in [4.78, 5) is 27.5. The quantitative estimate of drug-likeness (QED) is 0.452. The summed E-state index contributed by atoms with van der Waals surface area (Å²) < 4.78 is 11.7. The Balaban J connectivity index is 2.08. The molecule has 7 heteroatoms. The minimum absolute atomic E-state index is 0.0308. The van der Waals surface area contributed by atoms with Crippen molar-refractivity contribution in [3.8, 4) is 6.07 Å². The van der Waals surface area contributed by atoms with Gasteiger partial charge in [0, 0.05) is 12.6 Å². The predicted octanol–water partition coefficient (Wildman–Crippen LogP) is 4.26.